The molecular formula is C19H16N4O2S. The molecule has 130 valence electrons. The van der Waals surface area contributed by atoms with Gasteiger partial charge in [0.15, 0.2) is 4.77 Å². The molecule has 3 N–H and O–H groups in total. The third kappa shape index (κ3) is 2.62. The van der Waals surface area contributed by atoms with Gasteiger partial charge in [-0.25, -0.2) is 0 Å². The highest BCUT2D eigenvalue weighted by atomic mass is 32.1. The molecule has 0 saturated heterocycles. The van der Waals surface area contributed by atoms with Crippen molar-refractivity contribution in [2.45, 2.75) is 13.5 Å². The van der Waals surface area contributed by atoms with E-state index in [9.17, 15) is 9.59 Å². The summed E-state index contributed by atoms with van der Waals surface area (Å²) < 4.78 is 1.84. The molecule has 0 radical (unpaired) electrons. The molecule has 26 heavy (non-hydrogen) atoms. The Morgan fingerprint density at radius 1 is 1.15 bits per heavy atom. The van der Waals surface area contributed by atoms with Gasteiger partial charge in [0.1, 0.15) is 0 Å². The van der Waals surface area contributed by atoms with Gasteiger partial charge in [0.05, 0.1) is 16.6 Å². The summed E-state index contributed by atoms with van der Waals surface area (Å²) in [6.45, 7) is 2.35. The van der Waals surface area contributed by atoms with Crippen LogP contribution < -0.4 is 10.9 Å². The summed E-state index contributed by atoms with van der Waals surface area (Å²) >= 11 is 5.23. The molecule has 0 bridgehead atoms. The summed E-state index contributed by atoms with van der Waals surface area (Å²) in [5.41, 5.74) is 2.52. The first-order chi connectivity index (χ1) is 12.6. The van der Waals surface area contributed by atoms with Crippen LogP contribution in [0.1, 0.15) is 17.3 Å². The van der Waals surface area contributed by atoms with Crippen LogP contribution >= 0.6 is 12.2 Å². The van der Waals surface area contributed by atoms with Crippen molar-refractivity contribution in [3.63, 3.8) is 0 Å². The highest BCUT2D eigenvalue weighted by Crippen LogP contribution is 2.23. The van der Waals surface area contributed by atoms with E-state index in [-0.39, 0.29) is 11.5 Å². The number of aromatic amines is 2. The summed E-state index contributed by atoms with van der Waals surface area (Å²) in [6.07, 6.45) is 1.83. The van der Waals surface area contributed by atoms with Crippen molar-refractivity contribution in [3.8, 4) is 0 Å². The maximum absolute atomic E-state index is 12.7. The topological polar surface area (TPSA) is 82.7 Å². The maximum Gasteiger partial charge on any atom is 0.262 e. The van der Waals surface area contributed by atoms with E-state index in [1.165, 1.54) is 4.57 Å². The zero-order chi connectivity index (χ0) is 18.3. The number of nitrogens with zero attached hydrogens (tertiary/aromatic N) is 1. The minimum absolute atomic E-state index is 0.157. The zero-order valence-electron chi connectivity index (χ0n) is 14.0. The molecule has 0 fully saturated rings. The summed E-state index contributed by atoms with van der Waals surface area (Å²) in [4.78, 5) is 31.3. The number of carbonyl (C=O) groups is 1. The Balaban J connectivity index is 1.75. The van der Waals surface area contributed by atoms with Crippen LogP contribution in [0.5, 0.6) is 0 Å². The van der Waals surface area contributed by atoms with E-state index in [4.69, 9.17) is 12.2 Å². The van der Waals surface area contributed by atoms with E-state index in [0.29, 0.717) is 27.8 Å². The number of aromatic nitrogens is 3. The van der Waals surface area contributed by atoms with Crippen LogP contribution in [0.3, 0.4) is 0 Å². The average Bonchev–Trinajstić information content (AvgIpc) is 3.11. The fraction of sp³-hybridized carbons (Fsp3) is 0.105. The second kappa shape index (κ2) is 6.27. The Morgan fingerprint density at radius 2 is 2.00 bits per heavy atom. The number of carbonyl (C=O) groups excluding carboxylic acids is 1. The number of amides is 1. The van der Waals surface area contributed by atoms with Gasteiger partial charge in [0.25, 0.3) is 11.5 Å². The van der Waals surface area contributed by atoms with E-state index in [1.807, 2.05) is 37.4 Å². The number of fused-ring (bicyclic) bond motifs is 2. The van der Waals surface area contributed by atoms with Gasteiger partial charge in [-0.2, -0.15) is 0 Å². The van der Waals surface area contributed by atoms with Gasteiger partial charge in [0.2, 0.25) is 0 Å². The number of nitrogens with one attached hydrogen (secondary N) is 3. The van der Waals surface area contributed by atoms with Gasteiger partial charge in [0, 0.05) is 29.2 Å². The van der Waals surface area contributed by atoms with Crippen molar-refractivity contribution in [1.82, 2.24) is 14.5 Å². The first kappa shape index (κ1) is 16.3. The molecule has 4 aromatic rings. The SMILES string of the molecule is CCn1c(=S)[nH]c2cc(C(=O)Nc3cccc4[nH]ccc34)ccc2c1=O. The van der Waals surface area contributed by atoms with Gasteiger partial charge in [-0.15, -0.1) is 0 Å². The summed E-state index contributed by atoms with van der Waals surface area (Å²) in [5.74, 6) is -0.250. The molecule has 0 spiro atoms. The van der Waals surface area contributed by atoms with Crippen molar-refractivity contribution in [2.24, 2.45) is 0 Å². The van der Waals surface area contributed by atoms with Gasteiger partial charge in [-0.05, 0) is 55.5 Å². The van der Waals surface area contributed by atoms with Gasteiger partial charge < -0.3 is 15.3 Å². The molecule has 2 aromatic carbocycles. The highest BCUT2D eigenvalue weighted by Gasteiger charge is 2.11. The Hall–Kier alpha value is -3.19. The van der Waals surface area contributed by atoms with Crippen LogP contribution in [0.15, 0.2) is 53.5 Å². The zero-order valence-corrected chi connectivity index (χ0v) is 14.8. The third-order valence-electron chi connectivity index (χ3n) is 4.40. The third-order valence-corrected chi connectivity index (χ3v) is 4.73. The van der Waals surface area contributed by atoms with E-state index in [2.05, 4.69) is 15.3 Å². The quantitative estimate of drug-likeness (QED) is 0.483. The number of H-pyrrole nitrogens is 2. The number of hydrogen-bond donors (Lipinski definition) is 3. The van der Waals surface area contributed by atoms with Crippen LogP contribution in [0, 0.1) is 4.77 Å². The summed E-state index contributed by atoms with van der Waals surface area (Å²) in [5, 5.41) is 4.36. The lowest BCUT2D eigenvalue weighted by Gasteiger charge is -2.09. The van der Waals surface area contributed by atoms with Crippen molar-refractivity contribution in [1.29, 1.82) is 0 Å². The molecule has 7 heteroatoms. The van der Waals surface area contributed by atoms with Crippen molar-refractivity contribution in [2.75, 3.05) is 5.32 Å². The number of benzene rings is 2. The Labute approximate surface area is 153 Å². The summed E-state index contributed by atoms with van der Waals surface area (Å²) in [7, 11) is 0. The van der Waals surface area contributed by atoms with Crippen LogP contribution in [-0.2, 0) is 6.54 Å². The molecule has 0 saturated carbocycles. The van der Waals surface area contributed by atoms with E-state index in [1.54, 1.807) is 18.2 Å². The molecule has 2 aromatic heterocycles. The smallest absolute Gasteiger partial charge is 0.262 e. The second-order valence-electron chi connectivity index (χ2n) is 5.94. The fourth-order valence-electron chi connectivity index (χ4n) is 3.07. The Morgan fingerprint density at radius 3 is 2.81 bits per heavy atom. The lowest BCUT2D eigenvalue weighted by molar-refractivity contribution is 0.102. The molecule has 4 rings (SSSR count). The molecule has 6 nitrogen and oxygen atoms in total. The van der Waals surface area contributed by atoms with Crippen LogP contribution in [0.25, 0.3) is 21.8 Å². The highest BCUT2D eigenvalue weighted by molar-refractivity contribution is 7.71. The molecule has 0 unspecified atom stereocenters. The lowest BCUT2D eigenvalue weighted by Crippen LogP contribution is -2.21. The van der Waals surface area contributed by atoms with Crippen LogP contribution in [-0.4, -0.2) is 20.4 Å². The maximum atomic E-state index is 12.7. The predicted molar refractivity (Wildman–Crippen MR) is 105 cm³/mol. The largest absolute Gasteiger partial charge is 0.361 e. The van der Waals surface area contributed by atoms with E-state index < -0.39 is 0 Å². The minimum Gasteiger partial charge on any atom is -0.361 e. The fourth-order valence-corrected chi connectivity index (χ4v) is 3.39. The molecule has 0 atom stereocenters. The van der Waals surface area contributed by atoms with Gasteiger partial charge in [-0.3, -0.25) is 14.2 Å². The molecule has 0 aliphatic carbocycles. The minimum atomic E-state index is -0.250. The second-order valence-corrected chi connectivity index (χ2v) is 6.33. The average molecular weight is 364 g/mol. The predicted octanol–water partition coefficient (Wildman–Crippen LogP) is 3.81. The molecule has 1 amide bonds. The number of anilines is 1. The van der Waals surface area contributed by atoms with Crippen LogP contribution in [0.4, 0.5) is 5.69 Å². The standard InChI is InChI=1S/C19H16N4O2S/c1-2-23-18(25)13-7-6-11(10-16(13)22-19(23)26)17(24)21-15-5-3-4-14-12(15)8-9-20-14/h3-10,20H,2H2,1H3,(H,21,24)(H,22,26). The van der Waals surface area contributed by atoms with E-state index >= 15 is 0 Å². The van der Waals surface area contributed by atoms with Crippen molar-refractivity contribution in [3.05, 3.63) is 69.3 Å². The van der Waals surface area contributed by atoms with Crippen molar-refractivity contribution >= 4 is 45.6 Å². The van der Waals surface area contributed by atoms with Crippen molar-refractivity contribution < 1.29 is 4.79 Å². The first-order valence-corrected chi connectivity index (χ1v) is 8.63. The molecular weight excluding hydrogens is 348 g/mol. The first-order valence-electron chi connectivity index (χ1n) is 8.23. The van der Waals surface area contributed by atoms with Crippen LogP contribution in [0.2, 0.25) is 0 Å². The molecule has 0 aliphatic heterocycles. The Bertz CT molecular complexity index is 1270. The lowest BCUT2D eigenvalue weighted by atomic mass is 10.1. The van der Waals surface area contributed by atoms with E-state index in [0.717, 1.165) is 16.6 Å². The normalized spacial score (nSPS) is 11.1. The monoisotopic (exact) mass is 364 g/mol. The molecule has 2 heterocycles. The van der Waals surface area contributed by atoms with Gasteiger partial charge >= 0.3 is 0 Å². The summed E-state index contributed by atoms with van der Waals surface area (Å²) in [6, 6.07) is 12.5. The Kier molecular flexibility index (Phi) is 3.93. The number of hydrogen-bond acceptors (Lipinski definition) is 3. The van der Waals surface area contributed by atoms with Gasteiger partial charge in [-0.1, -0.05) is 6.07 Å². The number of rotatable bonds is 3. The molecule has 0 aliphatic rings.